The van der Waals surface area contributed by atoms with Crippen LogP contribution < -0.4 is 5.32 Å². The van der Waals surface area contributed by atoms with Crippen LogP contribution in [0.25, 0.3) is 0 Å². The minimum Gasteiger partial charge on any atom is -0.366 e. The van der Waals surface area contributed by atoms with Gasteiger partial charge in [0.2, 0.25) is 0 Å². The molecule has 0 saturated heterocycles. The first-order valence-electron chi connectivity index (χ1n) is 6.30. The average molecular weight is 257 g/mol. The zero-order chi connectivity index (χ0) is 13.4. The van der Waals surface area contributed by atoms with Gasteiger partial charge < -0.3 is 10.1 Å². The SMILES string of the molecule is CCCNCC(OCC(F)F)c1ccc(C)cc1. The van der Waals surface area contributed by atoms with Crippen molar-refractivity contribution in [1.29, 1.82) is 0 Å². The van der Waals surface area contributed by atoms with Gasteiger partial charge in [-0.25, -0.2) is 8.78 Å². The van der Waals surface area contributed by atoms with Crippen molar-refractivity contribution in [3.05, 3.63) is 35.4 Å². The first-order valence-corrected chi connectivity index (χ1v) is 6.30. The van der Waals surface area contributed by atoms with Crippen LogP contribution in [0.2, 0.25) is 0 Å². The van der Waals surface area contributed by atoms with E-state index in [1.807, 2.05) is 31.2 Å². The Morgan fingerprint density at radius 2 is 1.89 bits per heavy atom. The molecule has 1 N–H and O–H groups in total. The molecule has 0 amide bonds. The van der Waals surface area contributed by atoms with Crippen LogP contribution in [-0.2, 0) is 4.74 Å². The molecule has 1 aromatic carbocycles. The molecule has 18 heavy (non-hydrogen) atoms. The molecule has 0 aliphatic heterocycles. The second kappa shape index (κ2) is 8.16. The summed E-state index contributed by atoms with van der Waals surface area (Å²) >= 11 is 0. The summed E-state index contributed by atoms with van der Waals surface area (Å²) in [7, 11) is 0. The third-order valence-corrected chi connectivity index (χ3v) is 2.63. The predicted molar refractivity (Wildman–Crippen MR) is 69.0 cm³/mol. The molecule has 102 valence electrons. The van der Waals surface area contributed by atoms with Gasteiger partial charge in [0.25, 0.3) is 6.43 Å². The fourth-order valence-electron chi connectivity index (χ4n) is 1.65. The molecule has 0 spiro atoms. The van der Waals surface area contributed by atoms with E-state index < -0.39 is 13.0 Å². The molecule has 1 rings (SSSR count). The maximum Gasteiger partial charge on any atom is 0.261 e. The number of hydrogen-bond donors (Lipinski definition) is 1. The molecule has 1 atom stereocenters. The number of ether oxygens (including phenoxy) is 1. The lowest BCUT2D eigenvalue weighted by Gasteiger charge is -2.19. The number of nitrogens with one attached hydrogen (secondary N) is 1. The molecular weight excluding hydrogens is 236 g/mol. The molecular formula is C14H21F2NO. The first kappa shape index (κ1) is 15.1. The minimum absolute atomic E-state index is 0.314. The lowest BCUT2D eigenvalue weighted by atomic mass is 10.1. The van der Waals surface area contributed by atoms with E-state index in [2.05, 4.69) is 12.2 Å². The van der Waals surface area contributed by atoms with Gasteiger partial charge in [0.05, 0.1) is 6.10 Å². The Hall–Kier alpha value is -1.00. The summed E-state index contributed by atoms with van der Waals surface area (Å²) in [6.45, 7) is 4.96. The minimum atomic E-state index is -2.43. The van der Waals surface area contributed by atoms with Crippen molar-refractivity contribution in [2.75, 3.05) is 19.7 Å². The van der Waals surface area contributed by atoms with Crippen molar-refractivity contribution in [2.24, 2.45) is 0 Å². The third kappa shape index (κ3) is 5.56. The standard InChI is InChI=1S/C14H21F2NO/c1-3-8-17-9-13(18-10-14(15)16)12-6-4-11(2)5-7-12/h4-7,13-14,17H,3,8-10H2,1-2H3. The molecule has 0 aromatic heterocycles. The highest BCUT2D eigenvalue weighted by Gasteiger charge is 2.14. The number of halogens is 2. The second-order valence-corrected chi connectivity index (χ2v) is 4.33. The number of benzene rings is 1. The first-order chi connectivity index (χ1) is 8.63. The molecule has 1 aromatic rings. The van der Waals surface area contributed by atoms with Crippen LogP contribution >= 0.6 is 0 Å². The van der Waals surface area contributed by atoms with Gasteiger partial charge in [0.1, 0.15) is 6.61 Å². The predicted octanol–water partition coefficient (Wildman–Crippen LogP) is 3.32. The topological polar surface area (TPSA) is 21.3 Å². The van der Waals surface area contributed by atoms with Gasteiger partial charge in [-0.15, -0.1) is 0 Å². The fraction of sp³-hybridized carbons (Fsp3) is 0.571. The van der Waals surface area contributed by atoms with Crippen LogP contribution in [0.3, 0.4) is 0 Å². The highest BCUT2D eigenvalue weighted by atomic mass is 19.3. The summed E-state index contributed by atoms with van der Waals surface area (Å²) in [4.78, 5) is 0. The van der Waals surface area contributed by atoms with Gasteiger partial charge in [-0.3, -0.25) is 0 Å². The van der Waals surface area contributed by atoms with E-state index in [1.54, 1.807) is 0 Å². The van der Waals surface area contributed by atoms with Gasteiger partial charge in [0.15, 0.2) is 0 Å². The van der Waals surface area contributed by atoms with Crippen molar-refractivity contribution in [2.45, 2.75) is 32.8 Å². The highest BCUT2D eigenvalue weighted by Crippen LogP contribution is 2.18. The van der Waals surface area contributed by atoms with Crippen LogP contribution in [0, 0.1) is 6.92 Å². The zero-order valence-corrected chi connectivity index (χ0v) is 11.0. The monoisotopic (exact) mass is 257 g/mol. The Morgan fingerprint density at radius 3 is 2.44 bits per heavy atom. The van der Waals surface area contributed by atoms with Crippen LogP contribution in [0.4, 0.5) is 8.78 Å². The van der Waals surface area contributed by atoms with E-state index in [9.17, 15) is 8.78 Å². The maximum absolute atomic E-state index is 12.2. The zero-order valence-electron chi connectivity index (χ0n) is 11.0. The van der Waals surface area contributed by atoms with Crippen LogP contribution in [-0.4, -0.2) is 26.1 Å². The maximum atomic E-state index is 12.2. The Kier molecular flexibility index (Phi) is 6.83. The van der Waals surface area contributed by atoms with Gasteiger partial charge in [0, 0.05) is 6.54 Å². The molecule has 0 saturated carbocycles. The van der Waals surface area contributed by atoms with Crippen molar-refractivity contribution in [3.8, 4) is 0 Å². The molecule has 0 heterocycles. The summed E-state index contributed by atoms with van der Waals surface area (Å²) in [6.07, 6.45) is -1.73. The fourth-order valence-corrected chi connectivity index (χ4v) is 1.65. The quantitative estimate of drug-likeness (QED) is 0.721. The highest BCUT2D eigenvalue weighted by molar-refractivity contribution is 5.23. The van der Waals surface area contributed by atoms with Gasteiger partial charge in [-0.2, -0.15) is 0 Å². The van der Waals surface area contributed by atoms with E-state index in [4.69, 9.17) is 4.74 Å². The summed E-state index contributed by atoms with van der Waals surface area (Å²) in [5.74, 6) is 0. The van der Waals surface area contributed by atoms with Crippen LogP contribution in [0.5, 0.6) is 0 Å². The van der Waals surface area contributed by atoms with Gasteiger partial charge in [-0.05, 0) is 25.5 Å². The molecule has 0 fully saturated rings. The van der Waals surface area contributed by atoms with Crippen molar-refractivity contribution < 1.29 is 13.5 Å². The molecule has 4 heteroatoms. The van der Waals surface area contributed by atoms with Crippen molar-refractivity contribution in [1.82, 2.24) is 5.32 Å². The van der Waals surface area contributed by atoms with Crippen molar-refractivity contribution in [3.63, 3.8) is 0 Å². The molecule has 1 unspecified atom stereocenters. The lowest BCUT2D eigenvalue weighted by Crippen LogP contribution is -2.25. The largest absolute Gasteiger partial charge is 0.366 e. The van der Waals surface area contributed by atoms with E-state index in [1.165, 1.54) is 0 Å². The second-order valence-electron chi connectivity index (χ2n) is 4.33. The Labute approximate surface area is 107 Å². The Morgan fingerprint density at radius 1 is 1.22 bits per heavy atom. The molecule has 0 aliphatic carbocycles. The summed E-state index contributed by atoms with van der Waals surface area (Å²) in [5.41, 5.74) is 2.08. The van der Waals surface area contributed by atoms with Gasteiger partial charge >= 0.3 is 0 Å². The Bertz CT molecular complexity index is 327. The summed E-state index contributed by atoms with van der Waals surface area (Å²) in [5, 5.41) is 3.20. The van der Waals surface area contributed by atoms with E-state index in [-0.39, 0.29) is 6.10 Å². The molecule has 0 bridgehead atoms. The van der Waals surface area contributed by atoms with Crippen LogP contribution in [0.15, 0.2) is 24.3 Å². The van der Waals surface area contributed by atoms with Crippen molar-refractivity contribution >= 4 is 0 Å². The van der Waals surface area contributed by atoms with Crippen LogP contribution in [0.1, 0.15) is 30.6 Å². The number of aryl methyl sites for hydroxylation is 1. The summed E-state index contributed by atoms with van der Waals surface area (Å²) < 4.78 is 29.7. The Balaban J connectivity index is 2.60. The number of rotatable bonds is 8. The lowest BCUT2D eigenvalue weighted by molar-refractivity contribution is -0.0245. The van der Waals surface area contributed by atoms with E-state index in [0.717, 1.165) is 24.1 Å². The van der Waals surface area contributed by atoms with E-state index >= 15 is 0 Å². The summed E-state index contributed by atoms with van der Waals surface area (Å²) in [6, 6.07) is 7.79. The van der Waals surface area contributed by atoms with E-state index in [0.29, 0.717) is 6.54 Å². The average Bonchev–Trinajstić information content (AvgIpc) is 2.34. The molecule has 0 radical (unpaired) electrons. The molecule has 2 nitrogen and oxygen atoms in total. The normalized spacial score (nSPS) is 12.9. The number of hydrogen-bond acceptors (Lipinski definition) is 2. The number of alkyl halides is 2. The molecule has 0 aliphatic rings. The smallest absolute Gasteiger partial charge is 0.261 e. The third-order valence-electron chi connectivity index (χ3n) is 2.63. The van der Waals surface area contributed by atoms with Gasteiger partial charge in [-0.1, -0.05) is 36.8 Å².